The van der Waals surface area contributed by atoms with Crippen molar-refractivity contribution in [3.8, 4) is 0 Å². The zero-order chi connectivity index (χ0) is 10.8. The summed E-state index contributed by atoms with van der Waals surface area (Å²) in [5.74, 6) is 0.125. The van der Waals surface area contributed by atoms with Crippen LogP contribution in [0.5, 0.6) is 0 Å². The number of aliphatic hydroxyl groups is 1. The molecular formula is C11H15BO2S. The van der Waals surface area contributed by atoms with Gasteiger partial charge >= 0.3 is 6.92 Å². The van der Waals surface area contributed by atoms with Crippen LogP contribution in [-0.2, 0) is 4.65 Å². The summed E-state index contributed by atoms with van der Waals surface area (Å²) in [6.45, 7) is 4.37. The standard InChI is InChI=1S/C11H15BO2S/c1-3-9-8-5-4-6-10(15-7-13)11(8)12(2)14-9/h4-6,9,13H,3,7H2,1-2H3/t9-/m1/s1. The average Bonchev–Trinajstić information content (AvgIpc) is 2.57. The first-order chi connectivity index (χ1) is 7.27. The van der Waals surface area contributed by atoms with E-state index in [0.717, 1.165) is 11.3 Å². The van der Waals surface area contributed by atoms with Crippen molar-refractivity contribution in [2.24, 2.45) is 0 Å². The van der Waals surface area contributed by atoms with E-state index in [1.54, 1.807) is 0 Å². The van der Waals surface area contributed by atoms with Gasteiger partial charge in [0.05, 0.1) is 12.0 Å². The molecule has 80 valence electrons. The summed E-state index contributed by atoms with van der Waals surface area (Å²) in [6.07, 6.45) is 1.24. The van der Waals surface area contributed by atoms with Crippen LogP contribution < -0.4 is 5.46 Å². The predicted molar refractivity (Wildman–Crippen MR) is 64.8 cm³/mol. The second-order valence-corrected chi connectivity index (χ2v) is 4.69. The van der Waals surface area contributed by atoms with Gasteiger partial charge in [-0.05, 0) is 23.5 Å². The normalized spacial score (nSPS) is 19.4. The smallest absolute Gasteiger partial charge is 0.325 e. The molecule has 0 aromatic heterocycles. The molecule has 0 saturated heterocycles. The lowest BCUT2D eigenvalue weighted by atomic mass is 9.64. The lowest BCUT2D eigenvalue weighted by Gasteiger charge is -2.09. The third-order valence-electron chi connectivity index (χ3n) is 2.81. The van der Waals surface area contributed by atoms with Crippen LogP contribution in [0.25, 0.3) is 0 Å². The first-order valence-electron chi connectivity index (χ1n) is 5.29. The van der Waals surface area contributed by atoms with Gasteiger partial charge in [0.2, 0.25) is 0 Å². The molecule has 4 heteroatoms. The van der Waals surface area contributed by atoms with Gasteiger partial charge in [-0.25, -0.2) is 0 Å². The number of hydrogen-bond donors (Lipinski definition) is 1. The molecule has 1 aromatic rings. The zero-order valence-electron chi connectivity index (χ0n) is 9.06. The molecule has 1 aliphatic heterocycles. The van der Waals surface area contributed by atoms with Crippen LogP contribution in [0.15, 0.2) is 23.1 Å². The first-order valence-corrected chi connectivity index (χ1v) is 6.28. The fourth-order valence-electron chi connectivity index (χ4n) is 2.18. The number of rotatable bonds is 3. The van der Waals surface area contributed by atoms with Crippen molar-refractivity contribution in [1.29, 1.82) is 0 Å². The molecule has 2 rings (SSSR count). The van der Waals surface area contributed by atoms with E-state index >= 15 is 0 Å². The van der Waals surface area contributed by atoms with Crippen molar-refractivity contribution in [3.63, 3.8) is 0 Å². The molecule has 0 radical (unpaired) electrons. The summed E-state index contributed by atoms with van der Waals surface area (Å²) in [7, 11) is 0. The van der Waals surface area contributed by atoms with Gasteiger partial charge in [0.1, 0.15) is 0 Å². The second kappa shape index (κ2) is 4.60. The highest BCUT2D eigenvalue weighted by Crippen LogP contribution is 2.30. The fraction of sp³-hybridized carbons (Fsp3) is 0.455. The third kappa shape index (κ3) is 1.94. The summed E-state index contributed by atoms with van der Waals surface area (Å²) in [5, 5.41) is 8.98. The minimum Gasteiger partial charge on any atom is -0.424 e. The number of aliphatic hydroxyl groups excluding tert-OH is 1. The topological polar surface area (TPSA) is 29.5 Å². The highest BCUT2D eigenvalue weighted by molar-refractivity contribution is 7.99. The Kier molecular flexibility index (Phi) is 3.39. The van der Waals surface area contributed by atoms with E-state index in [9.17, 15) is 0 Å². The minimum atomic E-state index is 0.125. The largest absolute Gasteiger partial charge is 0.424 e. The Bertz CT molecular complexity index is 356. The van der Waals surface area contributed by atoms with Crippen molar-refractivity contribution in [2.45, 2.75) is 31.2 Å². The Balaban J connectivity index is 2.42. The Hall–Kier alpha value is -0.445. The summed E-state index contributed by atoms with van der Waals surface area (Å²) in [5.41, 5.74) is 2.56. The van der Waals surface area contributed by atoms with E-state index in [0.29, 0.717) is 0 Å². The van der Waals surface area contributed by atoms with Gasteiger partial charge in [-0.15, -0.1) is 0 Å². The van der Waals surface area contributed by atoms with Crippen LogP contribution in [0.2, 0.25) is 6.82 Å². The van der Waals surface area contributed by atoms with E-state index in [1.807, 2.05) is 6.07 Å². The quantitative estimate of drug-likeness (QED) is 0.482. The molecule has 1 aromatic carbocycles. The van der Waals surface area contributed by atoms with Crippen LogP contribution in [0, 0.1) is 0 Å². The molecule has 0 bridgehead atoms. The van der Waals surface area contributed by atoms with Gasteiger partial charge in [-0.1, -0.05) is 37.6 Å². The molecule has 0 saturated carbocycles. The van der Waals surface area contributed by atoms with Gasteiger partial charge in [-0.3, -0.25) is 0 Å². The summed E-state index contributed by atoms with van der Waals surface area (Å²) in [4.78, 5) is 1.15. The van der Waals surface area contributed by atoms with Crippen molar-refractivity contribution < 1.29 is 9.76 Å². The number of hydrogen-bond acceptors (Lipinski definition) is 3. The maximum atomic E-state index is 8.98. The Morgan fingerprint density at radius 1 is 1.53 bits per heavy atom. The predicted octanol–water partition coefficient (Wildman–Crippen LogP) is 2.04. The highest BCUT2D eigenvalue weighted by Gasteiger charge is 2.32. The molecule has 15 heavy (non-hydrogen) atoms. The van der Waals surface area contributed by atoms with Crippen LogP contribution >= 0.6 is 11.8 Å². The van der Waals surface area contributed by atoms with E-state index in [1.165, 1.54) is 22.8 Å². The molecular weight excluding hydrogens is 207 g/mol. The molecule has 1 aliphatic rings. The molecule has 0 unspecified atom stereocenters. The van der Waals surface area contributed by atoms with E-state index < -0.39 is 0 Å². The Labute approximate surface area is 95.1 Å². The number of fused-ring (bicyclic) bond motifs is 1. The lowest BCUT2D eigenvalue weighted by Crippen LogP contribution is -2.26. The monoisotopic (exact) mass is 222 g/mol. The molecule has 0 aliphatic carbocycles. The minimum absolute atomic E-state index is 0.125. The van der Waals surface area contributed by atoms with Crippen LogP contribution in [0.4, 0.5) is 0 Å². The SMILES string of the molecule is CC[C@H]1OB(C)c2c(SCO)cccc21. The molecule has 1 N–H and O–H groups in total. The van der Waals surface area contributed by atoms with Gasteiger partial charge in [0.25, 0.3) is 0 Å². The zero-order valence-corrected chi connectivity index (χ0v) is 9.88. The van der Waals surface area contributed by atoms with Gasteiger partial charge in [0.15, 0.2) is 0 Å². The summed E-state index contributed by atoms with van der Waals surface area (Å²) < 4.78 is 5.87. The second-order valence-electron chi connectivity index (χ2n) is 3.71. The van der Waals surface area contributed by atoms with Crippen LogP contribution in [-0.4, -0.2) is 18.0 Å². The first kappa shape index (κ1) is 11.1. The van der Waals surface area contributed by atoms with E-state index in [2.05, 4.69) is 25.9 Å². The number of benzene rings is 1. The maximum Gasteiger partial charge on any atom is 0.325 e. The molecule has 0 amide bonds. The van der Waals surface area contributed by atoms with E-state index in [4.69, 9.17) is 9.76 Å². The van der Waals surface area contributed by atoms with Crippen LogP contribution in [0.3, 0.4) is 0 Å². The van der Waals surface area contributed by atoms with E-state index in [-0.39, 0.29) is 19.0 Å². The molecule has 0 fully saturated rings. The van der Waals surface area contributed by atoms with Gasteiger partial charge in [-0.2, -0.15) is 0 Å². The van der Waals surface area contributed by atoms with Crippen molar-refractivity contribution in [1.82, 2.24) is 0 Å². The Morgan fingerprint density at radius 3 is 3.00 bits per heavy atom. The van der Waals surface area contributed by atoms with Crippen molar-refractivity contribution in [3.05, 3.63) is 23.8 Å². The highest BCUT2D eigenvalue weighted by atomic mass is 32.2. The lowest BCUT2D eigenvalue weighted by molar-refractivity contribution is 0.221. The number of thioether (sulfide) groups is 1. The fourth-order valence-corrected chi connectivity index (χ4v) is 2.93. The van der Waals surface area contributed by atoms with Crippen molar-refractivity contribution in [2.75, 3.05) is 5.94 Å². The molecule has 0 spiro atoms. The van der Waals surface area contributed by atoms with Gasteiger partial charge in [0, 0.05) is 4.90 Å². The summed E-state index contributed by atoms with van der Waals surface area (Å²) in [6, 6.07) is 6.23. The molecule has 1 atom stereocenters. The summed E-state index contributed by atoms with van der Waals surface area (Å²) >= 11 is 1.47. The Morgan fingerprint density at radius 2 is 2.33 bits per heavy atom. The average molecular weight is 222 g/mol. The third-order valence-corrected chi connectivity index (χ3v) is 3.61. The van der Waals surface area contributed by atoms with Gasteiger partial charge < -0.3 is 9.76 Å². The molecule has 1 heterocycles. The molecule has 2 nitrogen and oxygen atoms in total. The van der Waals surface area contributed by atoms with Crippen molar-refractivity contribution >= 4 is 24.1 Å². The van der Waals surface area contributed by atoms with Crippen LogP contribution in [0.1, 0.15) is 25.0 Å². The maximum absolute atomic E-state index is 8.98.